The molecule has 0 heterocycles. The highest BCUT2D eigenvalue weighted by molar-refractivity contribution is 5.33. The van der Waals surface area contributed by atoms with Crippen molar-refractivity contribution in [3.8, 4) is 0 Å². The largest absolute Gasteiger partial charge is 0.393 e. The molecule has 0 aromatic carbocycles. The van der Waals surface area contributed by atoms with Gasteiger partial charge in [-0.25, -0.2) is 0 Å². The first-order valence-electron chi connectivity index (χ1n) is 13.7. The Morgan fingerprint density at radius 1 is 0.903 bits per heavy atom. The van der Waals surface area contributed by atoms with Gasteiger partial charge in [-0.3, -0.25) is 0 Å². The van der Waals surface area contributed by atoms with Crippen LogP contribution in [-0.4, -0.2) is 11.2 Å². The topological polar surface area (TPSA) is 20.2 Å². The maximum absolute atomic E-state index is 11.5. The van der Waals surface area contributed by atoms with Gasteiger partial charge in [0.25, 0.3) is 0 Å². The van der Waals surface area contributed by atoms with Gasteiger partial charge in [-0.15, -0.1) is 0 Å². The molecule has 1 N–H and O–H groups in total. The van der Waals surface area contributed by atoms with Crippen molar-refractivity contribution in [3.05, 3.63) is 11.6 Å². The van der Waals surface area contributed by atoms with E-state index in [9.17, 15) is 5.11 Å². The molecule has 0 saturated heterocycles. The number of rotatable bonds is 1. The molecule has 176 valence electrons. The highest BCUT2D eigenvalue weighted by Gasteiger charge is 2.70. The van der Waals surface area contributed by atoms with Crippen molar-refractivity contribution in [2.45, 2.75) is 119 Å². The van der Waals surface area contributed by atoms with Crippen LogP contribution in [0.15, 0.2) is 11.6 Å². The van der Waals surface area contributed by atoms with Crippen molar-refractivity contribution in [2.75, 3.05) is 0 Å². The summed E-state index contributed by atoms with van der Waals surface area (Å²) in [6.45, 7) is 20.4. The molecule has 4 fully saturated rings. The molecule has 0 radical (unpaired) electrons. The molecule has 0 aromatic heterocycles. The van der Waals surface area contributed by atoms with E-state index >= 15 is 0 Å². The van der Waals surface area contributed by atoms with Crippen molar-refractivity contribution in [2.24, 2.45) is 56.7 Å². The van der Waals surface area contributed by atoms with Crippen molar-refractivity contribution < 1.29 is 5.11 Å². The summed E-state index contributed by atoms with van der Waals surface area (Å²) < 4.78 is 0. The SMILES string of the molecule is CC(C)C1CC(O)C2C1(C)CCC1(C)C3CCC4C(C)(C)CCCC4(C)C3=CCC21C. The van der Waals surface area contributed by atoms with Gasteiger partial charge in [0, 0.05) is 0 Å². The normalized spacial score (nSPS) is 55.7. The van der Waals surface area contributed by atoms with Crippen LogP contribution >= 0.6 is 0 Å². The Hall–Kier alpha value is -0.300. The van der Waals surface area contributed by atoms with E-state index in [1.54, 1.807) is 0 Å². The van der Waals surface area contributed by atoms with Crippen LogP contribution < -0.4 is 0 Å². The van der Waals surface area contributed by atoms with E-state index in [-0.39, 0.29) is 11.5 Å². The zero-order valence-electron chi connectivity index (χ0n) is 21.9. The molecule has 31 heavy (non-hydrogen) atoms. The first-order valence-corrected chi connectivity index (χ1v) is 13.7. The molecule has 0 aromatic rings. The summed E-state index contributed by atoms with van der Waals surface area (Å²) in [6.07, 6.45) is 14.5. The van der Waals surface area contributed by atoms with Gasteiger partial charge in [0.2, 0.25) is 0 Å². The van der Waals surface area contributed by atoms with E-state index in [2.05, 4.69) is 61.5 Å². The zero-order chi connectivity index (χ0) is 22.6. The fourth-order valence-corrected chi connectivity index (χ4v) is 11.4. The number of hydrogen-bond acceptors (Lipinski definition) is 1. The fourth-order valence-electron chi connectivity index (χ4n) is 11.4. The second-order valence-corrected chi connectivity index (χ2v) is 14.8. The minimum atomic E-state index is -0.113. The minimum Gasteiger partial charge on any atom is -0.393 e. The van der Waals surface area contributed by atoms with Crippen LogP contribution in [0.1, 0.15) is 113 Å². The van der Waals surface area contributed by atoms with Crippen LogP contribution in [0, 0.1) is 56.7 Å². The van der Waals surface area contributed by atoms with Crippen LogP contribution in [0.3, 0.4) is 0 Å². The monoisotopic (exact) mass is 426 g/mol. The van der Waals surface area contributed by atoms with Crippen molar-refractivity contribution in [3.63, 3.8) is 0 Å². The third kappa shape index (κ3) is 2.65. The summed E-state index contributed by atoms with van der Waals surface area (Å²) in [4.78, 5) is 0. The average Bonchev–Trinajstić information content (AvgIpc) is 2.94. The lowest BCUT2D eigenvalue weighted by Crippen LogP contribution is -2.62. The molecule has 5 aliphatic rings. The Labute approximate surface area is 192 Å². The van der Waals surface area contributed by atoms with E-state index in [0.29, 0.717) is 39.4 Å². The van der Waals surface area contributed by atoms with Gasteiger partial charge in [-0.05, 0) is 108 Å². The van der Waals surface area contributed by atoms with E-state index in [1.807, 2.05) is 5.57 Å². The van der Waals surface area contributed by atoms with E-state index < -0.39 is 0 Å². The zero-order valence-corrected chi connectivity index (χ0v) is 21.9. The molecule has 5 rings (SSSR count). The molecular formula is C30H50O. The van der Waals surface area contributed by atoms with Crippen molar-refractivity contribution in [1.82, 2.24) is 0 Å². The molecule has 0 bridgehead atoms. The van der Waals surface area contributed by atoms with E-state index in [0.717, 1.165) is 18.3 Å². The van der Waals surface area contributed by atoms with Crippen LogP contribution in [0.2, 0.25) is 0 Å². The Kier molecular flexibility index (Phi) is 4.82. The van der Waals surface area contributed by atoms with Crippen LogP contribution in [0.4, 0.5) is 0 Å². The van der Waals surface area contributed by atoms with Crippen molar-refractivity contribution in [1.29, 1.82) is 0 Å². The smallest absolute Gasteiger partial charge is 0.0582 e. The molecule has 4 saturated carbocycles. The number of allylic oxidation sites excluding steroid dienone is 2. The lowest BCUT2D eigenvalue weighted by Gasteiger charge is -2.69. The van der Waals surface area contributed by atoms with Gasteiger partial charge in [-0.1, -0.05) is 73.5 Å². The fraction of sp³-hybridized carbons (Fsp3) is 0.933. The molecule has 9 unspecified atom stereocenters. The second kappa shape index (κ2) is 6.64. The highest BCUT2D eigenvalue weighted by Crippen LogP contribution is 2.76. The molecular weight excluding hydrogens is 376 g/mol. The highest BCUT2D eigenvalue weighted by atomic mass is 16.3. The summed E-state index contributed by atoms with van der Waals surface area (Å²) in [5.41, 5.74) is 3.62. The predicted octanol–water partition coefficient (Wildman–Crippen LogP) is 8.02. The van der Waals surface area contributed by atoms with Crippen molar-refractivity contribution >= 4 is 0 Å². The summed E-state index contributed by atoms with van der Waals surface area (Å²) in [5.74, 6) is 3.38. The minimum absolute atomic E-state index is 0.113. The molecule has 1 heteroatoms. The van der Waals surface area contributed by atoms with Gasteiger partial charge in [0.05, 0.1) is 6.10 Å². The Morgan fingerprint density at radius 2 is 1.61 bits per heavy atom. The lowest BCUT2D eigenvalue weighted by molar-refractivity contribution is -0.174. The van der Waals surface area contributed by atoms with Gasteiger partial charge in [0.15, 0.2) is 0 Å². The van der Waals surface area contributed by atoms with Gasteiger partial charge < -0.3 is 5.11 Å². The molecule has 0 amide bonds. The quantitative estimate of drug-likeness (QED) is 0.421. The summed E-state index contributed by atoms with van der Waals surface area (Å²) >= 11 is 0. The van der Waals surface area contributed by atoms with E-state index in [4.69, 9.17) is 0 Å². The maximum Gasteiger partial charge on any atom is 0.0582 e. The Balaban J connectivity index is 1.58. The van der Waals surface area contributed by atoms with Gasteiger partial charge >= 0.3 is 0 Å². The Morgan fingerprint density at radius 3 is 2.29 bits per heavy atom. The molecule has 0 spiro atoms. The summed E-state index contributed by atoms with van der Waals surface area (Å²) in [5, 5.41) is 11.5. The molecule has 5 aliphatic carbocycles. The Bertz CT molecular complexity index is 777. The standard InChI is InChI=1S/C30H50O/c1-19(2)22-18-23(31)25-28(22,6)16-17-29(7)21-10-11-24-26(3,4)13-9-14-27(24,5)20(21)12-15-30(25,29)8/h12,19,21-25,31H,9-11,13-18H2,1-8H3. The maximum atomic E-state index is 11.5. The summed E-state index contributed by atoms with van der Waals surface area (Å²) in [6, 6.07) is 0. The molecule has 1 nitrogen and oxygen atoms in total. The number of aliphatic hydroxyl groups is 1. The first-order chi connectivity index (χ1) is 14.3. The van der Waals surface area contributed by atoms with Crippen LogP contribution in [0.25, 0.3) is 0 Å². The van der Waals surface area contributed by atoms with Gasteiger partial charge in [-0.2, -0.15) is 0 Å². The first kappa shape index (κ1) is 22.5. The number of aliphatic hydroxyl groups excluding tert-OH is 1. The molecule has 9 atom stereocenters. The second-order valence-electron chi connectivity index (χ2n) is 14.8. The molecule has 0 aliphatic heterocycles. The third-order valence-corrected chi connectivity index (χ3v) is 12.9. The third-order valence-electron chi connectivity index (χ3n) is 12.9. The van der Waals surface area contributed by atoms with Crippen LogP contribution in [0.5, 0.6) is 0 Å². The van der Waals surface area contributed by atoms with E-state index in [1.165, 1.54) is 51.4 Å². The number of hydrogen-bond donors (Lipinski definition) is 1. The summed E-state index contributed by atoms with van der Waals surface area (Å²) in [7, 11) is 0. The number of fused-ring (bicyclic) bond motifs is 7. The lowest BCUT2D eigenvalue weighted by atomic mass is 9.35. The van der Waals surface area contributed by atoms with Gasteiger partial charge in [0.1, 0.15) is 0 Å². The predicted molar refractivity (Wildman–Crippen MR) is 131 cm³/mol. The van der Waals surface area contributed by atoms with Crippen LogP contribution in [-0.2, 0) is 0 Å². The average molecular weight is 427 g/mol.